The summed E-state index contributed by atoms with van der Waals surface area (Å²) >= 11 is 0. The fourth-order valence-corrected chi connectivity index (χ4v) is 1.55. The van der Waals surface area contributed by atoms with Gasteiger partial charge in [-0.15, -0.1) is 0 Å². The first-order valence-electron chi connectivity index (χ1n) is 5.03. The van der Waals surface area contributed by atoms with Crippen LogP contribution in [0.15, 0.2) is 0 Å². The average molecular weight is 185 g/mol. The second-order valence-electron chi connectivity index (χ2n) is 3.97. The van der Waals surface area contributed by atoms with Gasteiger partial charge in [0.2, 0.25) is 6.41 Å². The molecule has 0 radical (unpaired) electrons. The first kappa shape index (κ1) is 10.5. The first-order chi connectivity index (χ1) is 6.22. The fourth-order valence-electron chi connectivity index (χ4n) is 1.55. The molecule has 0 aliphatic carbocycles. The van der Waals surface area contributed by atoms with E-state index < -0.39 is 0 Å². The highest BCUT2D eigenvalue weighted by atomic mass is 16.5. The van der Waals surface area contributed by atoms with Gasteiger partial charge in [0, 0.05) is 19.7 Å². The molecule has 0 atom stereocenters. The number of ether oxygens (including phenoxy) is 1. The minimum absolute atomic E-state index is 0.323. The van der Waals surface area contributed by atoms with Crippen LogP contribution in [-0.4, -0.2) is 37.1 Å². The quantitative estimate of drug-likeness (QED) is 0.617. The number of hydrogen-bond donors (Lipinski definition) is 0. The van der Waals surface area contributed by atoms with E-state index in [9.17, 15) is 4.79 Å². The maximum Gasteiger partial charge on any atom is 0.209 e. The third-order valence-corrected chi connectivity index (χ3v) is 2.46. The van der Waals surface area contributed by atoms with Crippen LogP contribution >= 0.6 is 0 Å². The van der Waals surface area contributed by atoms with Gasteiger partial charge in [-0.1, -0.05) is 0 Å². The Morgan fingerprint density at radius 3 is 2.54 bits per heavy atom. The van der Waals surface area contributed by atoms with Crippen molar-refractivity contribution in [3.05, 3.63) is 0 Å². The minimum Gasteiger partial charge on any atom is -0.379 e. The van der Waals surface area contributed by atoms with Gasteiger partial charge in [0.05, 0.1) is 6.10 Å². The van der Waals surface area contributed by atoms with Crippen LogP contribution in [0.2, 0.25) is 0 Å². The SMILES string of the molecule is CC(C)OCC1CCN(C=O)CC1. The van der Waals surface area contributed by atoms with Crippen LogP contribution < -0.4 is 0 Å². The number of carbonyl (C=O) groups is 1. The molecule has 76 valence electrons. The summed E-state index contributed by atoms with van der Waals surface area (Å²) in [7, 11) is 0. The Labute approximate surface area is 80.1 Å². The molecular weight excluding hydrogens is 166 g/mol. The van der Waals surface area contributed by atoms with Crippen molar-refractivity contribution < 1.29 is 9.53 Å². The normalized spacial score (nSPS) is 19.5. The van der Waals surface area contributed by atoms with Crippen LogP contribution in [-0.2, 0) is 9.53 Å². The molecule has 3 nitrogen and oxygen atoms in total. The Morgan fingerprint density at radius 1 is 1.46 bits per heavy atom. The Hall–Kier alpha value is -0.570. The van der Waals surface area contributed by atoms with E-state index in [-0.39, 0.29) is 0 Å². The number of amides is 1. The van der Waals surface area contributed by atoms with Crippen molar-refractivity contribution in [2.24, 2.45) is 5.92 Å². The number of piperidine rings is 1. The van der Waals surface area contributed by atoms with Gasteiger partial charge >= 0.3 is 0 Å². The highest BCUT2D eigenvalue weighted by Gasteiger charge is 2.18. The molecule has 1 aliphatic rings. The Bertz CT molecular complexity index is 151. The molecule has 0 bridgehead atoms. The topological polar surface area (TPSA) is 29.5 Å². The monoisotopic (exact) mass is 185 g/mol. The van der Waals surface area contributed by atoms with Crippen LogP contribution in [0.3, 0.4) is 0 Å². The molecule has 13 heavy (non-hydrogen) atoms. The molecule has 1 amide bonds. The summed E-state index contributed by atoms with van der Waals surface area (Å²) in [6.07, 6.45) is 3.44. The van der Waals surface area contributed by atoms with E-state index in [0.717, 1.165) is 38.9 Å². The minimum atomic E-state index is 0.323. The van der Waals surface area contributed by atoms with Crippen molar-refractivity contribution in [3.63, 3.8) is 0 Å². The van der Waals surface area contributed by atoms with Crippen molar-refractivity contribution in [2.75, 3.05) is 19.7 Å². The Morgan fingerprint density at radius 2 is 2.08 bits per heavy atom. The van der Waals surface area contributed by atoms with Crippen LogP contribution in [0.4, 0.5) is 0 Å². The highest BCUT2D eigenvalue weighted by molar-refractivity contribution is 5.47. The number of likely N-dealkylation sites (tertiary alicyclic amines) is 1. The number of rotatable bonds is 4. The van der Waals surface area contributed by atoms with Gasteiger partial charge in [0.15, 0.2) is 0 Å². The molecule has 0 N–H and O–H groups in total. The standard InChI is InChI=1S/C10H19NO2/c1-9(2)13-7-10-3-5-11(8-12)6-4-10/h8-10H,3-7H2,1-2H3. The van der Waals surface area contributed by atoms with Crippen molar-refractivity contribution in [3.8, 4) is 0 Å². The van der Waals surface area contributed by atoms with Crippen LogP contribution in [0.1, 0.15) is 26.7 Å². The van der Waals surface area contributed by atoms with E-state index in [0.29, 0.717) is 12.0 Å². The van der Waals surface area contributed by atoms with Gasteiger partial charge in [-0.2, -0.15) is 0 Å². The van der Waals surface area contributed by atoms with Gasteiger partial charge in [-0.05, 0) is 32.6 Å². The largest absolute Gasteiger partial charge is 0.379 e. The zero-order valence-electron chi connectivity index (χ0n) is 8.53. The van der Waals surface area contributed by atoms with Gasteiger partial charge in [0.25, 0.3) is 0 Å². The van der Waals surface area contributed by atoms with E-state index in [2.05, 4.69) is 13.8 Å². The van der Waals surface area contributed by atoms with E-state index in [1.807, 2.05) is 4.90 Å². The molecule has 0 aromatic carbocycles. The third-order valence-electron chi connectivity index (χ3n) is 2.46. The van der Waals surface area contributed by atoms with Crippen molar-refractivity contribution in [2.45, 2.75) is 32.8 Å². The fraction of sp³-hybridized carbons (Fsp3) is 0.900. The van der Waals surface area contributed by atoms with Gasteiger partial charge in [-0.25, -0.2) is 0 Å². The molecule has 0 unspecified atom stereocenters. The molecule has 0 aromatic rings. The van der Waals surface area contributed by atoms with Crippen LogP contribution in [0, 0.1) is 5.92 Å². The summed E-state index contributed by atoms with van der Waals surface area (Å²) in [6.45, 7) is 6.76. The van der Waals surface area contributed by atoms with Crippen LogP contribution in [0.25, 0.3) is 0 Å². The van der Waals surface area contributed by atoms with E-state index in [1.165, 1.54) is 0 Å². The molecule has 0 spiro atoms. The maximum atomic E-state index is 10.4. The lowest BCUT2D eigenvalue weighted by Gasteiger charge is -2.29. The molecule has 0 aromatic heterocycles. The third kappa shape index (κ3) is 3.77. The average Bonchev–Trinajstić information content (AvgIpc) is 2.15. The summed E-state index contributed by atoms with van der Waals surface area (Å²) in [5.74, 6) is 0.651. The number of nitrogens with zero attached hydrogens (tertiary/aromatic N) is 1. The zero-order valence-corrected chi connectivity index (χ0v) is 8.53. The predicted octanol–water partition coefficient (Wildman–Crippen LogP) is 1.28. The lowest BCUT2D eigenvalue weighted by molar-refractivity contribution is -0.119. The molecule has 3 heteroatoms. The van der Waals surface area contributed by atoms with E-state index in [4.69, 9.17) is 4.74 Å². The molecule has 1 saturated heterocycles. The summed E-state index contributed by atoms with van der Waals surface area (Å²) in [5.41, 5.74) is 0. The lowest BCUT2D eigenvalue weighted by atomic mass is 9.98. The zero-order chi connectivity index (χ0) is 9.68. The molecule has 0 saturated carbocycles. The molecular formula is C10H19NO2. The number of hydrogen-bond acceptors (Lipinski definition) is 2. The molecule has 1 fully saturated rings. The first-order valence-corrected chi connectivity index (χ1v) is 5.03. The van der Waals surface area contributed by atoms with Gasteiger partial charge in [0.1, 0.15) is 0 Å². The molecule has 1 rings (SSSR count). The predicted molar refractivity (Wildman–Crippen MR) is 51.4 cm³/mol. The number of carbonyl (C=O) groups excluding carboxylic acids is 1. The summed E-state index contributed by atoms with van der Waals surface area (Å²) in [4.78, 5) is 12.3. The Kier molecular flexibility index (Phi) is 4.22. The summed E-state index contributed by atoms with van der Waals surface area (Å²) < 4.78 is 5.54. The van der Waals surface area contributed by atoms with E-state index >= 15 is 0 Å². The van der Waals surface area contributed by atoms with Gasteiger partial charge in [-0.3, -0.25) is 4.79 Å². The maximum absolute atomic E-state index is 10.4. The van der Waals surface area contributed by atoms with Crippen molar-refractivity contribution in [1.82, 2.24) is 4.90 Å². The van der Waals surface area contributed by atoms with Crippen molar-refractivity contribution >= 4 is 6.41 Å². The van der Waals surface area contributed by atoms with Crippen LogP contribution in [0.5, 0.6) is 0 Å². The lowest BCUT2D eigenvalue weighted by Crippen LogP contribution is -2.34. The molecule has 1 aliphatic heterocycles. The smallest absolute Gasteiger partial charge is 0.209 e. The van der Waals surface area contributed by atoms with Gasteiger partial charge < -0.3 is 9.64 Å². The van der Waals surface area contributed by atoms with E-state index in [1.54, 1.807) is 0 Å². The second kappa shape index (κ2) is 5.22. The Balaban J connectivity index is 2.14. The highest BCUT2D eigenvalue weighted by Crippen LogP contribution is 2.16. The summed E-state index contributed by atoms with van der Waals surface area (Å²) in [6, 6.07) is 0. The molecule has 1 heterocycles. The summed E-state index contributed by atoms with van der Waals surface area (Å²) in [5, 5.41) is 0. The second-order valence-corrected chi connectivity index (χ2v) is 3.97. The van der Waals surface area contributed by atoms with Crippen molar-refractivity contribution in [1.29, 1.82) is 0 Å².